The molecule has 1 aliphatic rings. The number of benzene rings is 2. The highest BCUT2D eigenvalue weighted by atomic mass is 32.2. The van der Waals surface area contributed by atoms with Gasteiger partial charge < -0.3 is 9.84 Å². The molecule has 134 valence electrons. The van der Waals surface area contributed by atoms with Crippen molar-refractivity contribution in [1.82, 2.24) is 0 Å². The largest absolute Gasteiger partial charge is 0.492 e. The first-order chi connectivity index (χ1) is 12.5. The Bertz CT molecular complexity index is 867. The van der Waals surface area contributed by atoms with Gasteiger partial charge in [0.05, 0.1) is 23.1 Å². The third-order valence-electron chi connectivity index (χ3n) is 3.90. The van der Waals surface area contributed by atoms with Crippen molar-refractivity contribution in [2.75, 3.05) is 11.5 Å². The number of hydrogen-bond acceptors (Lipinski definition) is 5. The summed E-state index contributed by atoms with van der Waals surface area (Å²) >= 11 is 1.10. The number of hydrogen-bond donors (Lipinski definition) is 1. The lowest BCUT2D eigenvalue weighted by Crippen LogP contribution is -2.31. The minimum Gasteiger partial charge on any atom is -0.492 e. The molecule has 3 rings (SSSR count). The fraction of sp³-hybridized carbons (Fsp3) is 0.211. The van der Waals surface area contributed by atoms with Gasteiger partial charge in [-0.15, -0.1) is 11.8 Å². The van der Waals surface area contributed by atoms with Crippen molar-refractivity contribution in [3.8, 4) is 5.75 Å². The second-order valence-electron chi connectivity index (χ2n) is 5.58. The summed E-state index contributed by atoms with van der Waals surface area (Å²) in [6.07, 6.45) is 0.0118. The molecule has 1 aliphatic heterocycles. The van der Waals surface area contributed by atoms with Crippen molar-refractivity contribution in [3.05, 3.63) is 54.1 Å². The monoisotopic (exact) mass is 371 g/mol. The van der Waals surface area contributed by atoms with E-state index in [-0.39, 0.29) is 23.8 Å². The summed E-state index contributed by atoms with van der Waals surface area (Å²) in [7, 11) is 0. The zero-order valence-corrected chi connectivity index (χ0v) is 14.9. The summed E-state index contributed by atoms with van der Waals surface area (Å²) in [5, 5.41) is 8.62. The van der Waals surface area contributed by atoms with Crippen LogP contribution in [0.1, 0.15) is 23.7 Å². The van der Waals surface area contributed by atoms with Crippen LogP contribution in [0.25, 0.3) is 0 Å². The van der Waals surface area contributed by atoms with Crippen LogP contribution in [0.5, 0.6) is 5.75 Å². The van der Waals surface area contributed by atoms with Gasteiger partial charge in [-0.3, -0.25) is 9.59 Å². The van der Waals surface area contributed by atoms with Gasteiger partial charge in [0.1, 0.15) is 5.75 Å². The van der Waals surface area contributed by atoms with Crippen molar-refractivity contribution in [1.29, 1.82) is 0 Å². The lowest BCUT2D eigenvalue weighted by Gasteiger charge is -2.18. The van der Waals surface area contributed by atoms with Crippen LogP contribution in [0.4, 0.5) is 5.69 Å². The summed E-state index contributed by atoms with van der Waals surface area (Å²) in [5.41, 5.74) is 0.532. The maximum absolute atomic E-state index is 12.8. The van der Waals surface area contributed by atoms with Crippen molar-refractivity contribution >= 4 is 35.2 Å². The number of anilines is 1. The van der Waals surface area contributed by atoms with Gasteiger partial charge in [0.15, 0.2) is 0 Å². The fourth-order valence-electron chi connectivity index (χ4n) is 2.77. The van der Waals surface area contributed by atoms with Crippen LogP contribution in [0.2, 0.25) is 0 Å². The first-order valence-corrected chi connectivity index (χ1v) is 8.98. The van der Waals surface area contributed by atoms with Crippen LogP contribution in [-0.2, 0) is 9.59 Å². The topological polar surface area (TPSA) is 83.9 Å². The molecule has 1 saturated heterocycles. The van der Waals surface area contributed by atoms with Gasteiger partial charge in [0, 0.05) is 11.3 Å². The fourth-order valence-corrected chi connectivity index (χ4v) is 3.95. The number of aromatic carboxylic acids is 1. The Balaban J connectivity index is 1.88. The van der Waals surface area contributed by atoms with Gasteiger partial charge in [-0.1, -0.05) is 24.3 Å². The Morgan fingerprint density at radius 3 is 2.62 bits per heavy atom. The summed E-state index contributed by atoms with van der Waals surface area (Å²) < 4.78 is 5.52. The van der Waals surface area contributed by atoms with Crippen LogP contribution in [0.15, 0.2) is 53.4 Å². The molecular formula is C19H17NO5S. The van der Waals surface area contributed by atoms with Gasteiger partial charge in [-0.05, 0) is 31.2 Å². The minimum absolute atomic E-state index is 0.0118. The van der Waals surface area contributed by atoms with E-state index in [2.05, 4.69) is 0 Å². The number of rotatable bonds is 6. The number of thioether (sulfide) groups is 1. The van der Waals surface area contributed by atoms with Crippen LogP contribution in [0, 0.1) is 0 Å². The van der Waals surface area contributed by atoms with Crippen molar-refractivity contribution in [2.24, 2.45) is 0 Å². The molecule has 6 nitrogen and oxygen atoms in total. The first kappa shape index (κ1) is 18.0. The average molecular weight is 371 g/mol. The molecule has 1 atom stereocenters. The van der Waals surface area contributed by atoms with Gasteiger partial charge in [0.2, 0.25) is 11.8 Å². The molecule has 7 heteroatoms. The Morgan fingerprint density at radius 1 is 1.19 bits per heavy atom. The molecule has 1 heterocycles. The molecule has 0 aliphatic carbocycles. The van der Waals surface area contributed by atoms with Crippen LogP contribution >= 0.6 is 11.8 Å². The molecule has 1 N–H and O–H groups in total. The SMILES string of the molecule is CCOc1ccccc1N1C(=O)CC(Sc2ccccc2C(=O)O)C1=O. The minimum atomic E-state index is -1.07. The Morgan fingerprint density at radius 2 is 1.88 bits per heavy atom. The van der Waals surface area contributed by atoms with E-state index in [1.54, 1.807) is 42.5 Å². The predicted octanol–water partition coefficient (Wildman–Crippen LogP) is 3.21. The molecule has 0 saturated carbocycles. The van der Waals surface area contributed by atoms with Crippen LogP contribution in [-0.4, -0.2) is 34.7 Å². The van der Waals surface area contributed by atoms with E-state index < -0.39 is 11.2 Å². The van der Waals surface area contributed by atoms with E-state index >= 15 is 0 Å². The second-order valence-corrected chi connectivity index (χ2v) is 6.82. The predicted molar refractivity (Wildman–Crippen MR) is 97.8 cm³/mol. The lowest BCUT2D eigenvalue weighted by molar-refractivity contribution is -0.121. The highest BCUT2D eigenvalue weighted by Gasteiger charge is 2.41. The van der Waals surface area contributed by atoms with Gasteiger partial charge in [-0.2, -0.15) is 0 Å². The van der Waals surface area contributed by atoms with E-state index in [1.807, 2.05) is 6.92 Å². The summed E-state index contributed by atoms with van der Waals surface area (Å²) in [4.78, 5) is 38.3. The molecular weight excluding hydrogens is 354 g/mol. The van der Waals surface area contributed by atoms with Crippen LogP contribution in [0.3, 0.4) is 0 Å². The zero-order chi connectivity index (χ0) is 18.7. The number of carbonyl (C=O) groups excluding carboxylic acids is 2. The van der Waals surface area contributed by atoms with Crippen LogP contribution < -0.4 is 9.64 Å². The number of amides is 2. The van der Waals surface area contributed by atoms with E-state index in [1.165, 1.54) is 6.07 Å². The Kier molecular flexibility index (Phi) is 5.27. The molecule has 0 radical (unpaired) electrons. The molecule has 2 amide bonds. The van der Waals surface area contributed by atoms with E-state index in [4.69, 9.17) is 4.74 Å². The summed E-state index contributed by atoms with van der Waals surface area (Å²) in [5.74, 6) is -1.29. The normalized spacial score (nSPS) is 16.8. The number of imide groups is 1. The molecule has 0 spiro atoms. The van der Waals surface area contributed by atoms with E-state index in [9.17, 15) is 19.5 Å². The third-order valence-corrected chi connectivity index (χ3v) is 5.16. The average Bonchev–Trinajstić information content (AvgIpc) is 2.90. The molecule has 1 fully saturated rings. The van der Waals surface area contributed by atoms with Crippen molar-refractivity contribution in [3.63, 3.8) is 0 Å². The van der Waals surface area contributed by atoms with Gasteiger partial charge in [0.25, 0.3) is 0 Å². The zero-order valence-electron chi connectivity index (χ0n) is 14.0. The molecule has 0 aromatic heterocycles. The maximum atomic E-state index is 12.8. The molecule has 0 bridgehead atoms. The Labute approximate surface area is 154 Å². The highest BCUT2D eigenvalue weighted by Crippen LogP contribution is 2.38. The van der Waals surface area contributed by atoms with E-state index in [0.717, 1.165) is 16.7 Å². The number of carboxylic acid groups (broad SMARTS) is 1. The lowest BCUT2D eigenvalue weighted by atomic mass is 10.2. The number of para-hydroxylation sites is 2. The van der Waals surface area contributed by atoms with Crippen molar-refractivity contribution in [2.45, 2.75) is 23.5 Å². The standard InChI is InChI=1S/C19H17NO5S/c1-2-25-14-9-5-4-8-13(14)20-17(21)11-16(18(20)22)26-15-10-6-3-7-12(15)19(23)24/h3-10,16H,2,11H2,1H3,(H,23,24). The Hall–Kier alpha value is -2.80. The number of carboxylic acids is 1. The number of ether oxygens (including phenoxy) is 1. The summed E-state index contributed by atoms with van der Waals surface area (Å²) in [6.45, 7) is 2.24. The smallest absolute Gasteiger partial charge is 0.336 e. The summed E-state index contributed by atoms with van der Waals surface area (Å²) in [6, 6.07) is 13.3. The van der Waals surface area contributed by atoms with Crippen molar-refractivity contribution < 1.29 is 24.2 Å². The van der Waals surface area contributed by atoms with Gasteiger partial charge in [-0.25, -0.2) is 9.69 Å². The van der Waals surface area contributed by atoms with E-state index in [0.29, 0.717) is 22.9 Å². The second kappa shape index (κ2) is 7.61. The third kappa shape index (κ3) is 3.43. The maximum Gasteiger partial charge on any atom is 0.336 e. The highest BCUT2D eigenvalue weighted by molar-refractivity contribution is 8.00. The quantitative estimate of drug-likeness (QED) is 0.785. The number of nitrogens with zero attached hydrogens (tertiary/aromatic N) is 1. The first-order valence-electron chi connectivity index (χ1n) is 8.10. The molecule has 26 heavy (non-hydrogen) atoms. The number of carbonyl (C=O) groups is 3. The van der Waals surface area contributed by atoms with Gasteiger partial charge >= 0.3 is 5.97 Å². The molecule has 2 aromatic rings. The molecule has 1 unspecified atom stereocenters. The molecule has 2 aromatic carbocycles.